The van der Waals surface area contributed by atoms with Crippen LogP contribution in [-0.4, -0.2) is 47.1 Å². The van der Waals surface area contributed by atoms with Crippen LogP contribution in [0.2, 0.25) is 0 Å². The second-order valence-corrected chi connectivity index (χ2v) is 7.82. The molecule has 6 nitrogen and oxygen atoms in total. The van der Waals surface area contributed by atoms with Crippen molar-refractivity contribution in [2.45, 2.75) is 50.5 Å². The maximum Gasteiger partial charge on any atom is 0.274 e. The van der Waals surface area contributed by atoms with Crippen molar-refractivity contribution in [3.8, 4) is 0 Å². The summed E-state index contributed by atoms with van der Waals surface area (Å²) in [6.07, 6.45) is 7.58. The summed E-state index contributed by atoms with van der Waals surface area (Å²) in [5.74, 6) is 0.669. The van der Waals surface area contributed by atoms with E-state index < -0.39 is 0 Å². The molecule has 2 aliphatic rings. The maximum absolute atomic E-state index is 12.9. The molecule has 6 heteroatoms. The van der Waals surface area contributed by atoms with E-state index in [0.717, 1.165) is 62.7 Å². The Bertz CT molecular complexity index is 870. The molecule has 0 bridgehead atoms. The number of nitrogens with zero attached hydrogens (tertiary/aromatic N) is 2. The molecule has 2 aromatic rings. The standard InChI is InChI=1S/C21H27N3O3/c1-27-17-6-2-4-16(12-17)21(26)24-10-7-14(8-11-24)18-13-15-5-3-9-22-19(15)20(25)23-18/h3,5,9,13-14,16-17H,2,4,6-8,10-12H2,1H3,(H,23,25)/t16-,17+/m1/s1. The van der Waals surface area contributed by atoms with Gasteiger partial charge < -0.3 is 14.6 Å². The molecule has 1 aliphatic heterocycles. The van der Waals surface area contributed by atoms with Gasteiger partial charge in [-0.3, -0.25) is 14.6 Å². The summed E-state index contributed by atoms with van der Waals surface area (Å²) in [6, 6.07) is 5.81. The molecule has 1 aliphatic carbocycles. The second-order valence-electron chi connectivity index (χ2n) is 7.82. The van der Waals surface area contributed by atoms with E-state index in [4.69, 9.17) is 4.74 Å². The molecule has 3 heterocycles. The van der Waals surface area contributed by atoms with E-state index in [9.17, 15) is 9.59 Å². The monoisotopic (exact) mass is 369 g/mol. The quantitative estimate of drug-likeness (QED) is 0.903. The number of carbonyl (C=O) groups is 1. The Morgan fingerprint density at radius 1 is 1.26 bits per heavy atom. The van der Waals surface area contributed by atoms with Gasteiger partial charge in [-0.1, -0.05) is 12.5 Å². The van der Waals surface area contributed by atoms with Crippen LogP contribution >= 0.6 is 0 Å². The zero-order valence-corrected chi connectivity index (χ0v) is 15.8. The van der Waals surface area contributed by atoms with Crippen molar-refractivity contribution in [3.05, 3.63) is 40.4 Å². The molecule has 4 rings (SSSR count). The third-order valence-electron chi connectivity index (χ3n) is 6.18. The van der Waals surface area contributed by atoms with Gasteiger partial charge in [-0.25, -0.2) is 0 Å². The highest BCUT2D eigenvalue weighted by atomic mass is 16.5. The van der Waals surface area contributed by atoms with Crippen molar-refractivity contribution < 1.29 is 9.53 Å². The summed E-state index contributed by atoms with van der Waals surface area (Å²) in [5.41, 5.74) is 1.32. The highest BCUT2D eigenvalue weighted by Crippen LogP contribution is 2.31. The van der Waals surface area contributed by atoms with Crippen LogP contribution in [0.3, 0.4) is 0 Å². The van der Waals surface area contributed by atoms with Crippen molar-refractivity contribution in [1.82, 2.24) is 14.9 Å². The Hall–Kier alpha value is -2.21. The first-order chi connectivity index (χ1) is 13.2. The van der Waals surface area contributed by atoms with Crippen LogP contribution in [-0.2, 0) is 9.53 Å². The molecule has 27 heavy (non-hydrogen) atoms. The van der Waals surface area contributed by atoms with E-state index in [2.05, 4.69) is 9.97 Å². The lowest BCUT2D eigenvalue weighted by atomic mass is 9.85. The SMILES string of the molecule is CO[C@H]1CCC[C@@H](C(=O)N2CCC(c3cc4cccnc4c(=O)[nH]3)CC2)C1. The Morgan fingerprint density at radius 2 is 2.07 bits per heavy atom. The number of nitrogens with one attached hydrogen (secondary N) is 1. The maximum atomic E-state index is 12.9. The molecule has 1 N–H and O–H groups in total. The lowest BCUT2D eigenvalue weighted by molar-refractivity contribution is -0.139. The van der Waals surface area contributed by atoms with E-state index in [-0.39, 0.29) is 29.4 Å². The number of aromatic nitrogens is 2. The van der Waals surface area contributed by atoms with Crippen LogP contribution in [0.1, 0.15) is 50.1 Å². The van der Waals surface area contributed by atoms with E-state index in [1.807, 2.05) is 23.1 Å². The van der Waals surface area contributed by atoms with Gasteiger partial charge in [0.25, 0.3) is 5.56 Å². The van der Waals surface area contributed by atoms with Crippen molar-refractivity contribution in [2.24, 2.45) is 5.92 Å². The van der Waals surface area contributed by atoms with E-state index in [1.165, 1.54) is 0 Å². The third kappa shape index (κ3) is 3.76. The highest BCUT2D eigenvalue weighted by molar-refractivity contribution is 5.79. The molecule has 0 unspecified atom stereocenters. The predicted octanol–water partition coefficient (Wildman–Crippen LogP) is 2.83. The van der Waals surface area contributed by atoms with Gasteiger partial charge in [0.15, 0.2) is 0 Å². The minimum absolute atomic E-state index is 0.104. The zero-order chi connectivity index (χ0) is 18.8. The zero-order valence-electron chi connectivity index (χ0n) is 15.8. The number of fused-ring (bicyclic) bond motifs is 1. The minimum atomic E-state index is -0.130. The fourth-order valence-electron chi connectivity index (χ4n) is 4.59. The number of rotatable bonds is 3. The van der Waals surface area contributed by atoms with Gasteiger partial charge in [0.05, 0.1) is 6.10 Å². The van der Waals surface area contributed by atoms with Crippen LogP contribution < -0.4 is 5.56 Å². The molecule has 0 radical (unpaired) electrons. The number of amides is 1. The fourth-order valence-corrected chi connectivity index (χ4v) is 4.59. The number of carbonyl (C=O) groups excluding carboxylic acids is 1. The minimum Gasteiger partial charge on any atom is -0.381 e. The van der Waals surface area contributed by atoms with Crippen molar-refractivity contribution in [3.63, 3.8) is 0 Å². The van der Waals surface area contributed by atoms with Gasteiger partial charge in [0.2, 0.25) is 5.91 Å². The summed E-state index contributed by atoms with van der Waals surface area (Å²) in [5, 5.41) is 0.877. The predicted molar refractivity (Wildman–Crippen MR) is 104 cm³/mol. The number of hydrogen-bond donors (Lipinski definition) is 1. The first-order valence-electron chi connectivity index (χ1n) is 9.95. The number of pyridine rings is 2. The van der Waals surface area contributed by atoms with Gasteiger partial charge in [-0.05, 0) is 44.2 Å². The lowest BCUT2D eigenvalue weighted by Gasteiger charge is -2.36. The van der Waals surface area contributed by atoms with Crippen LogP contribution in [0.25, 0.3) is 10.9 Å². The summed E-state index contributed by atoms with van der Waals surface area (Å²) < 4.78 is 5.47. The van der Waals surface area contributed by atoms with Crippen molar-refractivity contribution >= 4 is 16.8 Å². The molecular formula is C21H27N3O3. The van der Waals surface area contributed by atoms with Crippen molar-refractivity contribution in [2.75, 3.05) is 20.2 Å². The average Bonchev–Trinajstić information content (AvgIpc) is 2.73. The molecule has 1 saturated heterocycles. The number of likely N-dealkylation sites (tertiary alicyclic amines) is 1. The van der Waals surface area contributed by atoms with E-state index in [0.29, 0.717) is 5.52 Å². The Kier molecular flexibility index (Phi) is 5.25. The number of methoxy groups -OCH3 is 1. The summed E-state index contributed by atoms with van der Waals surface area (Å²) in [4.78, 5) is 34.4. The molecule has 2 aromatic heterocycles. The van der Waals surface area contributed by atoms with E-state index in [1.54, 1.807) is 13.3 Å². The molecular weight excluding hydrogens is 342 g/mol. The Balaban J connectivity index is 1.42. The summed E-state index contributed by atoms with van der Waals surface area (Å²) >= 11 is 0. The second kappa shape index (κ2) is 7.80. The number of ether oxygens (including phenoxy) is 1. The fraction of sp³-hybridized carbons (Fsp3) is 0.571. The van der Waals surface area contributed by atoms with Gasteiger partial charge in [-0.2, -0.15) is 0 Å². The summed E-state index contributed by atoms with van der Waals surface area (Å²) in [7, 11) is 1.74. The van der Waals surface area contributed by atoms with Gasteiger partial charge in [0, 0.05) is 49.3 Å². The Morgan fingerprint density at radius 3 is 2.85 bits per heavy atom. The van der Waals surface area contributed by atoms with Crippen LogP contribution in [0.15, 0.2) is 29.2 Å². The molecule has 0 spiro atoms. The normalized spacial score (nSPS) is 24.3. The average molecular weight is 369 g/mol. The number of aromatic amines is 1. The number of H-pyrrole nitrogens is 1. The number of piperidine rings is 1. The molecule has 2 fully saturated rings. The smallest absolute Gasteiger partial charge is 0.274 e. The molecule has 144 valence electrons. The van der Waals surface area contributed by atoms with Crippen LogP contribution in [0, 0.1) is 5.92 Å². The highest BCUT2D eigenvalue weighted by Gasteiger charge is 2.32. The van der Waals surface area contributed by atoms with Gasteiger partial charge in [0.1, 0.15) is 5.52 Å². The van der Waals surface area contributed by atoms with Crippen LogP contribution in [0.5, 0.6) is 0 Å². The van der Waals surface area contributed by atoms with Gasteiger partial charge in [-0.15, -0.1) is 0 Å². The first-order valence-corrected chi connectivity index (χ1v) is 9.95. The van der Waals surface area contributed by atoms with Crippen molar-refractivity contribution in [1.29, 1.82) is 0 Å². The molecule has 1 saturated carbocycles. The third-order valence-corrected chi connectivity index (χ3v) is 6.18. The van der Waals surface area contributed by atoms with Gasteiger partial charge >= 0.3 is 0 Å². The van der Waals surface area contributed by atoms with E-state index >= 15 is 0 Å². The molecule has 0 aromatic carbocycles. The lowest BCUT2D eigenvalue weighted by Crippen LogP contribution is -2.43. The molecule has 1 amide bonds. The Labute approximate surface area is 158 Å². The first kappa shape index (κ1) is 18.2. The summed E-state index contributed by atoms with van der Waals surface area (Å²) in [6.45, 7) is 1.51. The van der Waals surface area contributed by atoms with Crippen LogP contribution in [0.4, 0.5) is 0 Å². The number of hydrogen-bond acceptors (Lipinski definition) is 4. The molecule has 2 atom stereocenters. The largest absolute Gasteiger partial charge is 0.381 e. The topological polar surface area (TPSA) is 75.3 Å².